The first kappa shape index (κ1) is 16.8. The number of ether oxygens (including phenoxy) is 1. The third-order valence-corrected chi connectivity index (χ3v) is 4.26. The molecule has 1 N–H and O–H groups in total. The number of hydrogen-bond acceptors (Lipinski definition) is 4. The van der Waals surface area contributed by atoms with Crippen LogP contribution in [0.2, 0.25) is 5.02 Å². The maximum Gasteiger partial charge on any atom is 0.289 e. The van der Waals surface area contributed by atoms with Crippen molar-refractivity contribution in [1.82, 2.24) is 10.3 Å². The number of nitrogens with one attached hydrogen (secondary N) is 1. The maximum atomic E-state index is 12.6. The second-order valence-corrected chi connectivity index (χ2v) is 6.85. The summed E-state index contributed by atoms with van der Waals surface area (Å²) in [5, 5.41) is 3.57. The molecule has 1 aliphatic rings. The van der Waals surface area contributed by atoms with Crippen molar-refractivity contribution in [2.75, 3.05) is 6.61 Å². The minimum absolute atomic E-state index is 0.155. The fourth-order valence-electron chi connectivity index (χ4n) is 2.86. The average molecular weight is 349 g/mol. The van der Waals surface area contributed by atoms with Crippen molar-refractivity contribution >= 4 is 17.5 Å². The summed E-state index contributed by atoms with van der Waals surface area (Å²) in [6.07, 6.45) is 1.40. The predicted molar refractivity (Wildman–Crippen MR) is 91.6 cm³/mol. The van der Waals surface area contributed by atoms with Crippen molar-refractivity contribution in [1.29, 1.82) is 0 Å². The molecule has 0 spiro atoms. The van der Waals surface area contributed by atoms with Crippen LogP contribution in [0.5, 0.6) is 5.75 Å². The third-order valence-electron chi connectivity index (χ3n) is 3.96. The zero-order valence-corrected chi connectivity index (χ0v) is 14.8. The number of nitrogens with zero attached hydrogens (tertiary/aromatic N) is 1. The summed E-state index contributed by atoms with van der Waals surface area (Å²) in [7, 11) is 0. The van der Waals surface area contributed by atoms with Gasteiger partial charge >= 0.3 is 0 Å². The molecule has 1 aromatic heterocycles. The third kappa shape index (κ3) is 3.41. The summed E-state index contributed by atoms with van der Waals surface area (Å²) in [6, 6.07) is 5.40. The molecule has 0 fully saturated rings. The average Bonchev–Trinajstić information content (AvgIpc) is 2.88. The SMILES string of the molecule is Cc1nc(CC(C)C)oc1C(=O)NC1CCOc2c(Cl)cccc21. The Morgan fingerprint density at radius 2 is 2.25 bits per heavy atom. The van der Waals surface area contributed by atoms with Crippen molar-refractivity contribution in [3.63, 3.8) is 0 Å². The number of fused-ring (bicyclic) bond motifs is 1. The summed E-state index contributed by atoms with van der Waals surface area (Å²) in [5.74, 6) is 1.69. The summed E-state index contributed by atoms with van der Waals surface area (Å²) in [6.45, 7) is 6.47. The Kier molecular flexibility index (Phi) is 4.81. The van der Waals surface area contributed by atoms with Gasteiger partial charge in [0.25, 0.3) is 5.91 Å². The molecule has 1 aliphatic heterocycles. The number of aromatic nitrogens is 1. The Balaban J connectivity index is 1.79. The first-order valence-electron chi connectivity index (χ1n) is 8.14. The van der Waals surface area contributed by atoms with E-state index in [1.165, 1.54) is 0 Å². The highest BCUT2D eigenvalue weighted by molar-refractivity contribution is 6.32. The lowest BCUT2D eigenvalue weighted by Gasteiger charge is -2.27. The van der Waals surface area contributed by atoms with Crippen LogP contribution in [-0.4, -0.2) is 17.5 Å². The number of aryl methyl sites for hydroxylation is 1. The van der Waals surface area contributed by atoms with Crippen molar-refractivity contribution in [2.45, 2.75) is 39.7 Å². The number of halogens is 1. The molecule has 1 unspecified atom stereocenters. The van der Waals surface area contributed by atoms with Gasteiger partial charge in [-0.1, -0.05) is 37.6 Å². The van der Waals surface area contributed by atoms with Crippen LogP contribution in [0.4, 0.5) is 0 Å². The quantitative estimate of drug-likeness (QED) is 0.903. The normalized spacial score (nSPS) is 16.6. The maximum absolute atomic E-state index is 12.6. The van der Waals surface area contributed by atoms with Crippen molar-refractivity contribution in [3.05, 3.63) is 46.1 Å². The van der Waals surface area contributed by atoms with E-state index < -0.39 is 0 Å². The largest absolute Gasteiger partial charge is 0.492 e. The lowest BCUT2D eigenvalue weighted by molar-refractivity contribution is 0.0893. The molecule has 128 valence electrons. The van der Waals surface area contributed by atoms with Crippen LogP contribution in [0, 0.1) is 12.8 Å². The van der Waals surface area contributed by atoms with Gasteiger partial charge in [0.05, 0.1) is 23.4 Å². The molecule has 2 heterocycles. The number of carbonyl (C=O) groups is 1. The van der Waals surface area contributed by atoms with E-state index >= 15 is 0 Å². The monoisotopic (exact) mass is 348 g/mol. The number of amides is 1. The van der Waals surface area contributed by atoms with Crippen LogP contribution in [-0.2, 0) is 6.42 Å². The first-order valence-corrected chi connectivity index (χ1v) is 8.52. The number of carbonyl (C=O) groups excluding carboxylic acids is 1. The van der Waals surface area contributed by atoms with Gasteiger partial charge in [-0.25, -0.2) is 4.98 Å². The molecule has 2 aromatic rings. The molecule has 6 heteroatoms. The summed E-state index contributed by atoms with van der Waals surface area (Å²) >= 11 is 6.17. The van der Waals surface area contributed by atoms with Gasteiger partial charge in [-0.2, -0.15) is 0 Å². The Hall–Kier alpha value is -2.01. The second-order valence-electron chi connectivity index (χ2n) is 6.44. The molecule has 0 saturated carbocycles. The van der Waals surface area contributed by atoms with Crippen molar-refractivity contribution < 1.29 is 13.9 Å². The summed E-state index contributed by atoms with van der Waals surface area (Å²) < 4.78 is 11.3. The molecular weight excluding hydrogens is 328 g/mol. The lowest BCUT2D eigenvalue weighted by atomic mass is 10.0. The standard InChI is InChI=1S/C18H21ClN2O3/c1-10(2)9-15-20-11(3)16(24-15)18(22)21-14-7-8-23-17-12(14)5-4-6-13(17)19/h4-6,10,14H,7-9H2,1-3H3,(H,21,22). The highest BCUT2D eigenvalue weighted by atomic mass is 35.5. The Bertz CT molecular complexity index is 755. The second kappa shape index (κ2) is 6.85. The highest BCUT2D eigenvalue weighted by Gasteiger charge is 2.27. The van der Waals surface area contributed by atoms with Gasteiger partial charge in [-0.3, -0.25) is 4.79 Å². The molecule has 0 aliphatic carbocycles. The first-order chi connectivity index (χ1) is 11.5. The van der Waals surface area contributed by atoms with E-state index in [0.29, 0.717) is 47.7 Å². The molecule has 1 amide bonds. The molecule has 1 atom stereocenters. The molecule has 24 heavy (non-hydrogen) atoms. The Morgan fingerprint density at radius 3 is 3.00 bits per heavy atom. The smallest absolute Gasteiger partial charge is 0.289 e. The molecule has 0 saturated heterocycles. The van der Waals surface area contributed by atoms with E-state index in [4.69, 9.17) is 20.8 Å². The minimum atomic E-state index is -0.257. The van der Waals surface area contributed by atoms with Crippen LogP contribution >= 0.6 is 11.6 Å². The van der Waals surface area contributed by atoms with Crippen LogP contribution in [0.1, 0.15) is 54.0 Å². The van der Waals surface area contributed by atoms with E-state index in [0.717, 1.165) is 5.56 Å². The van der Waals surface area contributed by atoms with E-state index in [1.807, 2.05) is 12.1 Å². The van der Waals surface area contributed by atoms with Gasteiger partial charge in [0.1, 0.15) is 5.75 Å². The zero-order chi connectivity index (χ0) is 17.3. The van der Waals surface area contributed by atoms with Crippen LogP contribution in [0.15, 0.2) is 22.6 Å². The highest BCUT2D eigenvalue weighted by Crippen LogP contribution is 2.37. The molecular formula is C18H21ClN2O3. The van der Waals surface area contributed by atoms with E-state index in [9.17, 15) is 4.79 Å². The minimum Gasteiger partial charge on any atom is -0.492 e. The van der Waals surface area contributed by atoms with Crippen molar-refractivity contribution in [3.8, 4) is 5.75 Å². The zero-order valence-electron chi connectivity index (χ0n) is 14.1. The molecule has 0 radical (unpaired) electrons. The van der Waals surface area contributed by atoms with Crippen LogP contribution in [0.25, 0.3) is 0 Å². The number of para-hydroxylation sites is 1. The Morgan fingerprint density at radius 1 is 1.46 bits per heavy atom. The van der Waals surface area contributed by atoms with Gasteiger partial charge < -0.3 is 14.5 Å². The van der Waals surface area contributed by atoms with Gasteiger partial charge in [0, 0.05) is 18.4 Å². The van der Waals surface area contributed by atoms with Gasteiger partial charge in [-0.15, -0.1) is 0 Å². The van der Waals surface area contributed by atoms with Crippen LogP contribution < -0.4 is 10.1 Å². The van der Waals surface area contributed by atoms with E-state index in [2.05, 4.69) is 24.1 Å². The fourth-order valence-corrected chi connectivity index (χ4v) is 3.10. The number of rotatable bonds is 4. The number of hydrogen-bond donors (Lipinski definition) is 1. The lowest BCUT2D eigenvalue weighted by Crippen LogP contribution is -2.32. The van der Waals surface area contributed by atoms with Gasteiger partial charge in [0.15, 0.2) is 5.89 Å². The number of oxazole rings is 1. The molecule has 0 bridgehead atoms. The Labute approximate surface area is 146 Å². The van der Waals surface area contributed by atoms with E-state index in [1.54, 1.807) is 13.0 Å². The molecule has 3 rings (SSSR count). The molecule has 5 nitrogen and oxygen atoms in total. The predicted octanol–water partition coefficient (Wildman–Crippen LogP) is 4.09. The van der Waals surface area contributed by atoms with E-state index in [-0.39, 0.29) is 17.7 Å². The van der Waals surface area contributed by atoms with Gasteiger partial charge in [-0.05, 0) is 18.9 Å². The fraction of sp³-hybridized carbons (Fsp3) is 0.444. The van der Waals surface area contributed by atoms with Crippen molar-refractivity contribution in [2.24, 2.45) is 5.92 Å². The molecule has 1 aromatic carbocycles. The summed E-state index contributed by atoms with van der Waals surface area (Å²) in [5.41, 5.74) is 1.50. The topological polar surface area (TPSA) is 64.4 Å². The number of benzene rings is 1. The van der Waals surface area contributed by atoms with Crippen LogP contribution in [0.3, 0.4) is 0 Å². The summed E-state index contributed by atoms with van der Waals surface area (Å²) in [4.78, 5) is 17.0. The van der Waals surface area contributed by atoms with Gasteiger partial charge in [0.2, 0.25) is 5.76 Å².